The van der Waals surface area contributed by atoms with Crippen LogP contribution < -0.4 is 0 Å². The molecule has 2 aromatic heterocycles. The number of hydrogen-bond donors (Lipinski definition) is 1. The van der Waals surface area contributed by atoms with Crippen molar-refractivity contribution in [1.82, 2.24) is 20.1 Å². The highest BCUT2D eigenvalue weighted by Gasteiger charge is 2.23. The molecule has 0 bridgehead atoms. The Labute approximate surface area is 148 Å². The van der Waals surface area contributed by atoms with Crippen molar-refractivity contribution in [2.75, 3.05) is 13.1 Å². The van der Waals surface area contributed by atoms with Gasteiger partial charge in [-0.2, -0.15) is 5.10 Å². The van der Waals surface area contributed by atoms with Crippen LogP contribution in [0.1, 0.15) is 41.1 Å². The normalized spacial score (nSPS) is 16.2. The lowest BCUT2D eigenvalue weighted by atomic mass is 9.89. The first-order valence-electron chi connectivity index (χ1n) is 9.06. The second kappa shape index (κ2) is 7.62. The Bertz CT molecular complexity index is 774. The number of benzene rings is 1. The molecule has 0 spiro atoms. The lowest BCUT2D eigenvalue weighted by molar-refractivity contribution is 0.203. The van der Waals surface area contributed by atoms with E-state index in [0.717, 1.165) is 26.1 Å². The smallest absolute Gasteiger partial charge is 0.0525 e. The minimum atomic E-state index is 0.593. The van der Waals surface area contributed by atoms with Gasteiger partial charge < -0.3 is 0 Å². The Morgan fingerprint density at radius 1 is 0.960 bits per heavy atom. The van der Waals surface area contributed by atoms with Crippen LogP contribution in [-0.4, -0.2) is 33.2 Å². The number of nitrogens with zero attached hydrogens (tertiary/aromatic N) is 3. The standard InChI is InChI=1S/C21H24N4/c1-2-4-17(5-3-1)14-20-15-23-24-21(20)19-8-12-25(13-9-19)16-18-6-10-22-11-7-18/h1-7,10-11,15,19H,8-9,12-14,16H2,(H,23,24). The summed E-state index contributed by atoms with van der Waals surface area (Å²) in [4.78, 5) is 6.64. The summed E-state index contributed by atoms with van der Waals surface area (Å²) in [6.45, 7) is 3.29. The van der Waals surface area contributed by atoms with Crippen molar-refractivity contribution in [2.24, 2.45) is 0 Å². The maximum absolute atomic E-state index is 4.33. The molecule has 128 valence electrons. The fourth-order valence-corrected chi connectivity index (χ4v) is 3.76. The molecule has 0 unspecified atom stereocenters. The van der Waals surface area contributed by atoms with Crippen molar-refractivity contribution in [2.45, 2.75) is 31.7 Å². The summed E-state index contributed by atoms with van der Waals surface area (Å²) in [5.41, 5.74) is 5.38. The van der Waals surface area contributed by atoms with E-state index >= 15 is 0 Å². The minimum absolute atomic E-state index is 0.593. The predicted molar refractivity (Wildman–Crippen MR) is 99.3 cm³/mol. The van der Waals surface area contributed by atoms with Crippen molar-refractivity contribution in [1.29, 1.82) is 0 Å². The van der Waals surface area contributed by atoms with Gasteiger partial charge in [0.1, 0.15) is 0 Å². The summed E-state index contributed by atoms with van der Waals surface area (Å²) in [7, 11) is 0. The molecule has 0 aliphatic carbocycles. The average Bonchev–Trinajstić information content (AvgIpc) is 3.12. The number of nitrogens with one attached hydrogen (secondary N) is 1. The van der Waals surface area contributed by atoms with E-state index in [2.05, 4.69) is 62.5 Å². The van der Waals surface area contributed by atoms with E-state index in [9.17, 15) is 0 Å². The van der Waals surface area contributed by atoms with Crippen LogP contribution in [-0.2, 0) is 13.0 Å². The van der Waals surface area contributed by atoms with E-state index in [-0.39, 0.29) is 0 Å². The lowest BCUT2D eigenvalue weighted by Crippen LogP contribution is -2.32. The molecule has 4 heteroatoms. The van der Waals surface area contributed by atoms with Crippen LogP contribution in [0.25, 0.3) is 0 Å². The minimum Gasteiger partial charge on any atom is -0.299 e. The summed E-state index contributed by atoms with van der Waals surface area (Å²) < 4.78 is 0. The molecule has 0 amide bonds. The molecule has 1 saturated heterocycles. The highest BCUT2D eigenvalue weighted by molar-refractivity contribution is 5.29. The maximum atomic E-state index is 4.33. The number of aromatic amines is 1. The van der Waals surface area contributed by atoms with Crippen LogP contribution >= 0.6 is 0 Å². The summed E-state index contributed by atoms with van der Waals surface area (Å²) in [5.74, 6) is 0.593. The Morgan fingerprint density at radius 2 is 1.72 bits per heavy atom. The third-order valence-electron chi connectivity index (χ3n) is 5.14. The quantitative estimate of drug-likeness (QED) is 0.773. The largest absolute Gasteiger partial charge is 0.299 e. The second-order valence-corrected chi connectivity index (χ2v) is 6.88. The highest BCUT2D eigenvalue weighted by Crippen LogP contribution is 2.30. The molecule has 1 N–H and O–H groups in total. The van der Waals surface area contributed by atoms with Crippen molar-refractivity contribution < 1.29 is 0 Å². The molecule has 3 aromatic rings. The first kappa shape index (κ1) is 16.0. The van der Waals surface area contributed by atoms with Crippen LogP contribution in [0.3, 0.4) is 0 Å². The zero-order chi connectivity index (χ0) is 16.9. The van der Waals surface area contributed by atoms with Gasteiger partial charge in [-0.25, -0.2) is 0 Å². The molecular formula is C21H24N4. The summed E-state index contributed by atoms with van der Waals surface area (Å²) in [5, 5.41) is 7.62. The van der Waals surface area contributed by atoms with Gasteiger partial charge in [0.2, 0.25) is 0 Å². The van der Waals surface area contributed by atoms with E-state index in [1.807, 2.05) is 18.6 Å². The van der Waals surface area contributed by atoms with Gasteiger partial charge in [-0.1, -0.05) is 30.3 Å². The Balaban J connectivity index is 1.37. The van der Waals surface area contributed by atoms with Crippen LogP contribution in [0.5, 0.6) is 0 Å². The molecular weight excluding hydrogens is 308 g/mol. The molecule has 3 heterocycles. The number of aromatic nitrogens is 3. The van der Waals surface area contributed by atoms with Crippen LogP contribution in [0.2, 0.25) is 0 Å². The summed E-state index contributed by atoms with van der Waals surface area (Å²) in [6, 6.07) is 14.9. The number of likely N-dealkylation sites (tertiary alicyclic amines) is 1. The van der Waals surface area contributed by atoms with Crippen LogP contribution in [0, 0.1) is 0 Å². The Kier molecular flexibility index (Phi) is 4.89. The second-order valence-electron chi connectivity index (χ2n) is 6.88. The summed E-state index contributed by atoms with van der Waals surface area (Å²) in [6.07, 6.45) is 9.10. The van der Waals surface area contributed by atoms with Gasteiger partial charge in [0.05, 0.1) is 6.20 Å². The zero-order valence-electron chi connectivity index (χ0n) is 14.4. The van der Waals surface area contributed by atoms with Crippen molar-refractivity contribution in [3.8, 4) is 0 Å². The molecule has 1 aromatic carbocycles. The van der Waals surface area contributed by atoms with E-state index < -0.39 is 0 Å². The molecule has 0 atom stereocenters. The van der Waals surface area contributed by atoms with Crippen molar-refractivity contribution in [3.63, 3.8) is 0 Å². The lowest BCUT2D eigenvalue weighted by Gasteiger charge is -2.32. The number of pyridine rings is 1. The molecule has 0 saturated carbocycles. The van der Waals surface area contributed by atoms with E-state index in [1.54, 1.807) is 0 Å². The topological polar surface area (TPSA) is 44.8 Å². The van der Waals surface area contributed by atoms with Crippen molar-refractivity contribution in [3.05, 3.63) is 83.4 Å². The molecule has 4 rings (SSSR count). The van der Waals surface area contributed by atoms with E-state index in [4.69, 9.17) is 0 Å². The molecule has 1 fully saturated rings. The maximum Gasteiger partial charge on any atom is 0.0525 e. The molecule has 0 radical (unpaired) electrons. The SMILES string of the molecule is c1ccc(Cc2cn[nH]c2C2CCN(Cc3ccncc3)CC2)cc1. The zero-order valence-corrected chi connectivity index (χ0v) is 14.4. The first-order chi connectivity index (χ1) is 12.4. The van der Waals surface area contributed by atoms with Crippen LogP contribution in [0.4, 0.5) is 0 Å². The van der Waals surface area contributed by atoms with Gasteiger partial charge in [0.25, 0.3) is 0 Å². The van der Waals surface area contributed by atoms with Crippen LogP contribution in [0.15, 0.2) is 61.1 Å². The number of rotatable bonds is 5. The van der Waals surface area contributed by atoms with Gasteiger partial charge in [-0.05, 0) is 54.8 Å². The number of piperidine rings is 1. The molecule has 1 aliphatic rings. The van der Waals surface area contributed by atoms with Gasteiger partial charge >= 0.3 is 0 Å². The fraction of sp³-hybridized carbons (Fsp3) is 0.333. The first-order valence-corrected chi connectivity index (χ1v) is 9.06. The van der Waals surface area contributed by atoms with Crippen molar-refractivity contribution >= 4 is 0 Å². The predicted octanol–water partition coefficient (Wildman–Crippen LogP) is 3.78. The van der Waals surface area contributed by atoms with E-state index in [0.29, 0.717) is 5.92 Å². The Morgan fingerprint density at radius 3 is 2.48 bits per heavy atom. The third-order valence-corrected chi connectivity index (χ3v) is 5.14. The third kappa shape index (κ3) is 3.97. The highest BCUT2D eigenvalue weighted by atomic mass is 15.1. The van der Waals surface area contributed by atoms with Gasteiger partial charge in [-0.3, -0.25) is 15.0 Å². The van der Waals surface area contributed by atoms with E-state index in [1.165, 1.54) is 35.2 Å². The Hall–Kier alpha value is -2.46. The van der Waals surface area contributed by atoms with Gasteiger partial charge in [0, 0.05) is 37.0 Å². The monoisotopic (exact) mass is 332 g/mol. The number of H-pyrrole nitrogens is 1. The molecule has 25 heavy (non-hydrogen) atoms. The average molecular weight is 332 g/mol. The van der Waals surface area contributed by atoms with Gasteiger partial charge in [0.15, 0.2) is 0 Å². The van der Waals surface area contributed by atoms with Gasteiger partial charge in [-0.15, -0.1) is 0 Å². The molecule has 4 nitrogen and oxygen atoms in total. The molecule has 1 aliphatic heterocycles. The summed E-state index contributed by atoms with van der Waals surface area (Å²) >= 11 is 0. The number of hydrogen-bond acceptors (Lipinski definition) is 3. The fourth-order valence-electron chi connectivity index (χ4n) is 3.76.